The molecule has 1 rings (SSSR count). The highest BCUT2D eigenvalue weighted by molar-refractivity contribution is 6.01. The molecule has 1 unspecified atom stereocenters. The van der Waals surface area contributed by atoms with Gasteiger partial charge in [0.25, 0.3) is 11.8 Å². The Morgan fingerprint density at radius 3 is 2.47 bits per heavy atom. The smallest absolute Gasteiger partial charge is 0.335 e. The van der Waals surface area contributed by atoms with Crippen molar-refractivity contribution >= 4 is 17.8 Å². The molecular formula is C10H15NO6. The Balaban J connectivity index is 2.34. The first kappa shape index (κ1) is 13.6. The maximum atomic E-state index is 11.4. The number of amides is 2. The van der Waals surface area contributed by atoms with Crippen LogP contribution in [0.3, 0.4) is 0 Å². The number of hydrogen-bond acceptors (Lipinski definition) is 6. The summed E-state index contributed by atoms with van der Waals surface area (Å²) in [6.07, 6.45) is -0.292. The number of nitrogens with zero attached hydrogens (tertiary/aromatic N) is 1. The van der Waals surface area contributed by atoms with Crippen LogP contribution in [0.25, 0.3) is 0 Å². The second kappa shape index (κ2) is 6.31. The van der Waals surface area contributed by atoms with Crippen molar-refractivity contribution < 1.29 is 28.7 Å². The Bertz CT molecular complexity index is 300. The molecule has 0 aromatic heterocycles. The lowest BCUT2D eigenvalue weighted by Gasteiger charge is -2.15. The highest BCUT2D eigenvalue weighted by Gasteiger charge is 2.33. The maximum Gasteiger partial charge on any atom is 0.335 e. The average molecular weight is 245 g/mol. The molecule has 7 heteroatoms. The molecule has 17 heavy (non-hydrogen) atoms. The van der Waals surface area contributed by atoms with E-state index in [0.717, 1.165) is 0 Å². The van der Waals surface area contributed by atoms with E-state index in [9.17, 15) is 14.4 Å². The molecule has 1 saturated heterocycles. The monoisotopic (exact) mass is 245 g/mol. The normalized spacial score (nSPS) is 17.4. The summed E-state index contributed by atoms with van der Waals surface area (Å²) in [5, 5.41) is 0.519. The van der Waals surface area contributed by atoms with E-state index >= 15 is 0 Å². The maximum absolute atomic E-state index is 11.4. The minimum absolute atomic E-state index is 0.0551. The van der Waals surface area contributed by atoms with Crippen molar-refractivity contribution in [2.45, 2.75) is 32.3 Å². The zero-order valence-electron chi connectivity index (χ0n) is 9.80. The summed E-state index contributed by atoms with van der Waals surface area (Å²) < 4.78 is 9.74. The number of methoxy groups -OCH3 is 1. The number of carbonyl (C=O) groups excluding carboxylic acids is 3. The summed E-state index contributed by atoms with van der Waals surface area (Å²) in [4.78, 5) is 38.3. The van der Waals surface area contributed by atoms with Gasteiger partial charge in [-0.25, -0.2) is 4.79 Å². The van der Waals surface area contributed by atoms with E-state index < -0.39 is 23.9 Å². The number of hydroxylamine groups is 2. The molecule has 0 aliphatic carbocycles. The number of carbonyl (C=O) groups is 3. The topological polar surface area (TPSA) is 82.1 Å². The molecule has 0 aromatic rings. The lowest BCUT2D eigenvalue weighted by molar-refractivity contribution is -0.199. The van der Waals surface area contributed by atoms with Gasteiger partial charge < -0.3 is 14.3 Å². The van der Waals surface area contributed by atoms with Gasteiger partial charge in [-0.15, -0.1) is 5.06 Å². The third kappa shape index (κ3) is 4.12. The SMILES string of the molecule is COCOC(C)CC(=O)ON1C(=O)CCC1=O. The van der Waals surface area contributed by atoms with Crippen LogP contribution in [0.5, 0.6) is 0 Å². The Morgan fingerprint density at radius 1 is 1.35 bits per heavy atom. The third-order valence-corrected chi connectivity index (χ3v) is 2.12. The van der Waals surface area contributed by atoms with Crippen LogP contribution in [0.4, 0.5) is 0 Å². The quantitative estimate of drug-likeness (QED) is 0.483. The van der Waals surface area contributed by atoms with Crippen molar-refractivity contribution in [1.29, 1.82) is 0 Å². The molecular weight excluding hydrogens is 230 g/mol. The summed E-state index contributed by atoms with van der Waals surface area (Å²) in [5.41, 5.74) is 0. The van der Waals surface area contributed by atoms with Crippen LogP contribution >= 0.6 is 0 Å². The van der Waals surface area contributed by atoms with Gasteiger partial charge in [-0.05, 0) is 6.92 Å². The lowest BCUT2D eigenvalue weighted by Crippen LogP contribution is -2.33. The summed E-state index contributed by atoms with van der Waals surface area (Å²) in [6.45, 7) is 1.73. The Morgan fingerprint density at radius 2 is 1.94 bits per heavy atom. The van der Waals surface area contributed by atoms with Gasteiger partial charge in [0.05, 0.1) is 12.5 Å². The van der Waals surface area contributed by atoms with Gasteiger partial charge in [0.2, 0.25) is 0 Å². The Hall–Kier alpha value is -1.47. The molecule has 1 aliphatic rings. The van der Waals surface area contributed by atoms with Crippen LogP contribution in [0.15, 0.2) is 0 Å². The summed E-state index contributed by atoms with van der Waals surface area (Å²) in [5.74, 6) is -1.67. The summed E-state index contributed by atoms with van der Waals surface area (Å²) in [6, 6.07) is 0. The van der Waals surface area contributed by atoms with Gasteiger partial charge in [0.1, 0.15) is 6.79 Å². The predicted molar refractivity (Wildman–Crippen MR) is 54.2 cm³/mol. The number of hydrogen-bond donors (Lipinski definition) is 0. The molecule has 0 aromatic carbocycles. The molecule has 96 valence electrons. The highest BCUT2D eigenvalue weighted by Crippen LogP contribution is 2.13. The van der Waals surface area contributed by atoms with Gasteiger partial charge in [-0.2, -0.15) is 0 Å². The van der Waals surface area contributed by atoms with E-state index in [4.69, 9.17) is 4.74 Å². The second-order valence-electron chi connectivity index (χ2n) is 3.63. The third-order valence-electron chi connectivity index (χ3n) is 2.12. The molecule has 7 nitrogen and oxygen atoms in total. The van der Waals surface area contributed by atoms with Crippen molar-refractivity contribution in [2.24, 2.45) is 0 Å². The van der Waals surface area contributed by atoms with Crippen molar-refractivity contribution in [3.63, 3.8) is 0 Å². The average Bonchev–Trinajstić information content (AvgIpc) is 2.58. The van der Waals surface area contributed by atoms with Crippen LogP contribution in [-0.2, 0) is 28.7 Å². The lowest BCUT2D eigenvalue weighted by atomic mass is 10.3. The van der Waals surface area contributed by atoms with E-state index in [0.29, 0.717) is 5.06 Å². The first-order valence-corrected chi connectivity index (χ1v) is 5.21. The molecule has 2 amide bonds. The van der Waals surface area contributed by atoms with Crippen molar-refractivity contribution in [2.75, 3.05) is 13.9 Å². The molecule has 1 aliphatic heterocycles. The van der Waals surface area contributed by atoms with Crippen LogP contribution in [-0.4, -0.2) is 42.9 Å². The van der Waals surface area contributed by atoms with Crippen molar-refractivity contribution in [1.82, 2.24) is 5.06 Å². The first-order chi connectivity index (χ1) is 8.04. The molecule has 0 spiro atoms. The number of rotatable bonds is 6. The Labute approximate surface area is 98.6 Å². The van der Waals surface area contributed by atoms with E-state index in [1.165, 1.54) is 7.11 Å². The summed E-state index contributed by atoms with van der Waals surface area (Å²) in [7, 11) is 1.46. The number of ether oxygens (including phenoxy) is 2. The van der Waals surface area contributed by atoms with E-state index in [-0.39, 0.29) is 26.1 Å². The first-order valence-electron chi connectivity index (χ1n) is 5.21. The van der Waals surface area contributed by atoms with Crippen LogP contribution in [0, 0.1) is 0 Å². The summed E-state index contributed by atoms with van der Waals surface area (Å²) >= 11 is 0. The van der Waals surface area contributed by atoms with Crippen LogP contribution in [0.2, 0.25) is 0 Å². The van der Waals surface area contributed by atoms with Gasteiger partial charge in [-0.3, -0.25) is 9.59 Å². The molecule has 1 heterocycles. The zero-order chi connectivity index (χ0) is 12.8. The Kier molecular flexibility index (Phi) is 5.05. The van der Waals surface area contributed by atoms with Crippen LogP contribution in [0.1, 0.15) is 26.2 Å². The minimum Gasteiger partial charge on any atom is -0.359 e. The van der Waals surface area contributed by atoms with Crippen molar-refractivity contribution in [3.8, 4) is 0 Å². The minimum atomic E-state index is -0.683. The molecule has 0 saturated carbocycles. The molecule has 1 atom stereocenters. The highest BCUT2D eigenvalue weighted by atomic mass is 16.7. The molecule has 1 fully saturated rings. The molecule has 0 N–H and O–H groups in total. The van der Waals surface area contributed by atoms with E-state index in [1.54, 1.807) is 6.92 Å². The fourth-order valence-corrected chi connectivity index (χ4v) is 1.27. The van der Waals surface area contributed by atoms with Crippen molar-refractivity contribution in [3.05, 3.63) is 0 Å². The van der Waals surface area contributed by atoms with Gasteiger partial charge in [0.15, 0.2) is 0 Å². The van der Waals surface area contributed by atoms with Gasteiger partial charge in [-0.1, -0.05) is 0 Å². The van der Waals surface area contributed by atoms with Crippen LogP contribution < -0.4 is 0 Å². The fourth-order valence-electron chi connectivity index (χ4n) is 1.27. The number of imide groups is 1. The largest absolute Gasteiger partial charge is 0.359 e. The fraction of sp³-hybridized carbons (Fsp3) is 0.700. The predicted octanol–water partition coefficient (Wildman–Crippen LogP) is -0.00730. The van der Waals surface area contributed by atoms with Gasteiger partial charge >= 0.3 is 5.97 Å². The molecule has 0 bridgehead atoms. The van der Waals surface area contributed by atoms with Gasteiger partial charge in [0, 0.05) is 20.0 Å². The standard InChI is InChI=1S/C10H15NO6/c1-7(16-6-15-2)5-10(14)17-11-8(12)3-4-9(11)13/h7H,3-6H2,1-2H3. The molecule has 0 radical (unpaired) electrons. The van der Waals surface area contributed by atoms with E-state index in [1.807, 2.05) is 0 Å². The second-order valence-corrected chi connectivity index (χ2v) is 3.63. The zero-order valence-corrected chi connectivity index (χ0v) is 9.80. The van der Waals surface area contributed by atoms with E-state index in [2.05, 4.69) is 9.57 Å².